The zero-order valence-corrected chi connectivity index (χ0v) is 16.8. The summed E-state index contributed by atoms with van der Waals surface area (Å²) in [5.41, 5.74) is 2.95. The highest BCUT2D eigenvalue weighted by molar-refractivity contribution is 5.49. The molecule has 0 saturated heterocycles. The summed E-state index contributed by atoms with van der Waals surface area (Å²) in [5, 5.41) is 10.3. The summed E-state index contributed by atoms with van der Waals surface area (Å²) in [6, 6.07) is 28.4. The van der Waals surface area contributed by atoms with E-state index in [1.165, 1.54) is 25.7 Å². The topological polar surface area (TPSA) is 29.5 Å². The molecule has 2 aliphatic rings. The minimum absolute atomic E-state index is 0.263. The van der Waals surface area contributed by atoms with Gasteiger partial charge in [0.15, 0.2) is 0 Å². The van der Waals surface area contributed by atoms with Crippen molar-refractivity contribution in [2.24, 2.45) is 11.3 Å². The van der Waals surface area contributed by atoms with Gasteiger partial charge in [-0.15, -0.1) is 0 Å². The summed E-state index contributed by atoms with van der Waals surface area (Å²) >= 11 is 0. The number of ether oxygens (including phenoxy) is 1. The molecule has 2 saturated carbocycles. The van der Waals surface area contributed by atoms with Gasteiger partial charge in [-0.2, -0.15) is 0 Å². The van der Waals surface area contributed by atoms with Crippen LogP contribution in [0.15, 0.2) is 84.9 Å². The summed E-state index contributed by atoms with van der Waals surface area (Å²) < 4.78 is 6.89. The van der Waals surface area contributed by atoms with E-state index in [4.69, 9.17) is 4.74 Å². The molecule has 3 aromatic rings. The average molecular weight is 385 g/mol. The van der Waals surface area contributed by atoms with Gasteiger partial charge in [-0.3, -0.25) is 0 Å². The fourth-order valence-corrected chi connectivity index (χ4v) is 5.51. The van der Waals surface area contributed by atoms with E-state index in [0.29, 0.717) is 5.41 Å². The van der Waals surface area contributed by atoms with Gasteiger partial charge < -0.3 is 9.84 Å². The lowest BCUT2D eigenvalue weighted by molar-refractivity contribution is 0.00322. The van der Waals surface area contributed by atoms with E-state index in [9.17, 15) is 5.11 Å². The Bertz CT molecular complexity index is 927. The largest absolute Gasteiger partial charge is 0.508 e. The molecule has 2 aliphatic carbocycles. The zero-order valence-electron chi connectivity index (χ0n) is 16.8. The Morgan fingerprint density at radius 1 is 0.862 bits per heavy atom. The molecule has 0 aromatic heterocycles. The van der Waals surface area contributed by atoms with E-state index < -0.39 is 5.60 Å². The van der Waals surface area contributed by atoms with Crippen LogP contribution in [0.1, 0.15) is 48.8 Å². The SMILES string of the molecule is Oc1cccc(C(OCC[C@]23CCC[C@H]2C3)(c2ccccc2)c2ccccc2)c1. The zero-order chi connectivity index (χ0) is 19.7. The van der Waals surface area contributed by atoms with Crippen molar-refractivity contribution in [1.82, 2.24) is 0 Å². The van der Waals surface area contributed by atoms with Crippen molar-refractivity contribution in [3.05, 3.63) is 102 Å². The molecular weight excluding hydrogens is 356 g/mol. The van der Waals surface area contributed by atoms with Crippen LogP contribution >= 0.6 is 0 Å². The van der Waals surface area contributed by atoms with E-state index in [1.807, 2.05) is 24.3 Å². The Morgan fingerprint density at radius 2 is 1.52 bits per heavy atom. The molecule has 3 aromatic carbocycles. The van der Waals surface area contributed by atoms with Gasteiger partial charge in [0.25, 0.3) is 0 Å². The van der Waals surface area contributed by atoms with Gasteiger partial charge in [0.05, 0.1) is 0 Å². The number of aromatic hydroxyl groups is 1. The predicted molar refractivity (Wildman–Crippen MR) is 116 cm³/mol. The maximum absolute atomic E-state index is 10.3. The number of phenolic OH excluding ortho intramolecular Hbond substituents is 1. The van der Waals surface area contributed by atoms with Crippen LogP contribution < -0.4 is 0 Å². The molecule has 5 rings (SSSR count). The maximum Gasteiger partial charge on any atom is 0.143 e. The fraction of sp³-hybridized carbons (Fsp3) is 0.333. The number of phenols is 1. The highest BCUT2D eigenvalue weighted by Gasteiger charge is 2.56. The second kappa shape index (κ2) is 7.35. The van der Waals surface area contributed by atoms with E-state index in [0.717, 1.165) is 35.6 Å². The monoisotopic (exact) mass is 384 g/mol. The highest BCUT2D eigenvalue weighted by Crippen LogP contribution is 2.65. The second-order valence-corrected chi connectivity index (χ2v) is 8.72. The molecular formula is C27H28O2. The molecule has 2 fully saturated rings. The van der Waals surface area contributed by atoms with E-state index in [2.05, 4.69) is 54.6 Å². The number of benzene rings is 3. The van der Waals surface area contributed by atoms with Crippen LogP contribution in [-0.4, -0.2) is 11.7 Å². The molecule has 0 unspecified atom stereocenters. The number of rotatable bonds is 7. The smallest absolute Gasteiger partial charge is 0.143 e. The van der Waals surface area contributed by atoms with E-state index in [1.54, 1.807) is 6.07 Å². The second-order valence-electron chi connectivity index (χ2n) is 8.72. The molecule has 0 amide bonds. The van der Waals surface area contributed by atoms with Gasteiger partial charge in [-0.1, -0.05) is 79.2 Å². The lowest BCUT2D eigenvalue weighted by Crippen LogP contribution is -2.33. The van der Waals surface area contributed by atoms with Crippen LogP contribution in [0.25, 0.3) is 0 Å². The molecule has 0 heterocycles. The summed E-state index contributed by atoms with van der Waals surface area (Å²) in [6.07, 6.45) is 6.63. The third kappa shape index (κ3) is 3.26. The Morgan fingerprint density at radius 3 is 2.07 bits per heavy atom. The summed E-state index contributed by atoms with van der Waals surface area (Å²) in [4.78, 5) is 0. The van der Waals surface area contributed by atoms with Crippen LogP contribution in [0, 0.1) is 11.3 Å². The minimum Gasteiger partial charge on any atom is -0.508 e. The quantitative estimate of drug-likeness (QED) is 0.486. The molecule has 1 N–H and O–H groups in total. The van der Waals surface area contributed by atoms with Crippen molar-refractivity contribution >= 4 is 0 Å². The number of hydrogen-bond donors (Lipinski definition) is 1. The number of hydrogen-bond acceptors (Lipinski definition) is 2. The Labute approximate surface area is 173 Å². The molecule has 0 aliphatic heterocycles. The summed E-state index contributed by atoms with van der Waals surface area (Å²) in [6.45, 7) is 0.718. The maximum atomic E-state index is 10.3. The van der Waals surface area contributed by atoms with Crippen LogP contribution in [0.5, 0.6) is 5.75 Å². The third-order valence-corrected chi connectivity index (χ3v) is 7.12. The van der Waals surface area contributed by atoms with Crippen molar-refractivity contribution in [1.29, 1.82) is 0 Å². The van der Waals surface area contributed by atoms with Gasteiger partial charge in [0.2, 0.25) is 0 Å². The first-order valence-electron chi connectivity index (χ1n) is 10.8. The molecule has 0 bridgehead atoms. The van der Waals surface area contributed by atoms with Gasteiger partial charge in [0, 0.05) is 6.61 Å². The lowest BCUT2D eigenvalue weighted by Gasteiger charge is -2.36. The Balaban J connectivity index is 1.58. The average Bonchev–Trinajstić information content (AvgIpc) is 3.31. The van der Waals surface area contributed by atoms with Crippen molar-refractivity contribution in [2.75, 3.05) is 6.61 Å². The van der Waals surface area contributed by atoms with Crippen molar-refractivity contribution < 1.29 is 9.84 Å². The Kier molecular flexibility index (Phi) is 4.67. The van der Waals surface area contributed by atoms with Crippen LogP contribution in [0.4, 0.5) is 0 Å². The molecule has 0 radical (unpaired) electrons. The summed E-state index contributed by atoms with van der Waals surface area (Å²) in [7, 11) is 0. The highest BCUT2D eigenvalue weighted by atomic mass is 16.5. The van der Waals surface area contributed by atoms with Crippen molar-refractivity contribution in [3.8, 4) is 5.75 Å². The van der Waals surface area contributed by atoms with Crippen LogP contribution in [0.3, 0.4) is 0 Å². The van der Waals surface area contributed by atoms with Gasteiger partial charge in [-0.05, 0) is 65.8 Å². The number of fused-ring (bicyclic) bond motifs is 1. The molecule has 0 spiro atoms. The lowest BCUT2D eigenvalue weighted by atomic mass is 9.80. The Hall–Kier alpha value is -2.58. The van der Waals surface area contributed by atoms with Crippen LogP contribution in [0.2, 0.25) is 0 Å². The van der Waals surface area contributed by atoms with Gasteiger partial charge in [0.1, 0.15) is 11.4 Å². The summed E-state index contributed by atoms with van der Waals surface area (Å²) in [5.74, 6) is 1.19. The first-order valence-corrected chi connectivity index (χ1v) is 10.8. The molecule has 148 valence electrons. The third-order valence-electron chi connectivity index (χ3n) is 7.12. The predicted octanol–water partition coefficient (Wildman–Crippen LogP) is 6.28. The first-order chi connectivity index (χ1) is 14.2. The van der Waals surface area contributed by atoms with Gasteiger partial charge in [-0.25, -0.2) is 0 Å². The van der Waals surface area contributed by atoms with E-state index in [-0.39, 0.29) is 5.75 Å². The minimum atomic E-state index is -0.735. The van der Waals surface area contributed by atoms with Crippen LogP contribution in [-0.2, 0) is 10.3 Å². The molecule has 2 atom stereocenters. The standard InChI is InChI=1S/C27H28O2/c28-25-15-7-13-23(19-25)27(21-9-3-1-4-10-21,22-11-5-2-6-12-22)29-18-17-26-16-8-14-24(26)20-26/h1-7,9-13,15,19,24,28H,8,14,16-18,20H2/t24-,26-/m0/s1. The molecule has 2 heteroatoms. The van der Waals surface area contributed by atoms with E-state index >= 15 is 0 Å². The fourth-order valence-electron chi connectivity index (χ4n) is 5.51. The van der Waals surface area contributed by atoms with Crippen molar-refractivity contribution in [3.63, 3.8) is 0 Å². The first kappa shape index (κ1) is 18.4. The van der Waals surface area contributed by atoms with Crippen molar-refractivity contribution in [2.45, 2.75) is 37.7 Å². The normalized spacial score (nSPS) is 23.0. The molecule has 2 nitrogen and oxygen atoms in total. The van der Waals surface area contributed by atoms with Gasteiger partial charge >= 0.3 is 0 Å². The molecule has 29 heavy (non-hydrogen) atoms.